The molecular weight excluding hydrogens is 329 g/mol. The Bertz CT molecular complexity index is 831. The molecule has 2 heterocycles. The Balaban J connectivity index is 1.52. The molecule has 0 radical (unpaired) electrons. The van der Waals surface area contributed by atoms with Gasteiger partial charge in [-0.2, -0.15) is 0 Å². The van der Waals surface area contributed by atoms with E-state index < -0.39 is 5.82 Å². The van der Waals surface area contributed by atoms with Gasteiger partial charge in [0.2, 0.25) is 0 Å². The highest BCUT2D eigenvalue weighted by Crippen LogP contribution is 2.31. The Morgan fingerprint density at radius 2 is 2.21 bits per heavy atom. The number of nitrogens with one attached hydrogen (secondary N) is 1. The van der Waals surface area contributed by atoms with Crippen molar-refractivity contribution in [3.63, 3.8) is 0 Å². The molecule has 0 amide bonds. The van der Waals surface area contributed by atoms with Gasteiger partial charge in [-0.3, -0.25) is 9.69 Å². The van der Waals surface area contributed by atoms with E-state index in [0.29, 0.717) is 25.4 Å². The Hall–Kier alpha value is -1.72. The van der Waals surface area contributed by atoms with E-state index in [9.17, 15) is 9.18 Å². The average molecular weight is 348 g/mol. The summed E-state index contributed by atoms with van der Waals surface area (Å²) in [5, 5.41) is 0.145. The normalized spacial score (nSPS) is 17.8. The van der Waals surface area contributed by atoms with Crippen molar-refractivity contribution in [1.29, 1.82) is 0 Å². The molecule has 24 heavy (non-hydrogen) atoms. The number of hydrogen-bond acceptors (Lipinski definition) is 3. The first kappa shape index (κ1) is 15.8. The van der Waals surface area contributed by atoms with Crippen LogP contribution in [0.15, 0.2) is 23.0 Å². The fourth-order valence-electron chi connectivity index (χ4n) is 3.27. The molecule has 1 saturated carbocycles. The van der Waals surface area contributed by atoms with Crippen LogP contribution in [-0.2, 0) is 25.9 Å². The highest BCUT2D eigenvalue weighted by molar-refractivity contribution is 6.30. The fraction of sp³-hybridized carbons (Fsp3) is 0.444. The maximum atomic E-state index is 13.3. The molecule has 1 aliphatic heterocycles. The van der Waals surface area contributed by atoms with Gasteiger partial charge in [0.25, 0.3) is 5.56 Å². The number of halogens is 2. The molecule has 0 spiro atoms. The van der Waals surface area contributed by atoms with E-state index in [-0.39, 0.29) is 10.6 Å². The summed E-state index contributed by atoms with van der Waals surface area (Å²) in [7, 11) is 0. The summed E-state index contributed by atoms with van der Waals surface area (Å²) in [4.78, 5) is 22.1. The number of hydrogen-bond donors (Lipinski definition) is 1. The zero-order valence-corrected chi connectivity index (χ0v) is 14.1. The van der Waals surface area contributed by atoms with Crippen molar-refractivity contribution >= 4 is 11.6 Å². The van der Waals surface area contributed by atoms with E-state index in [2.05, 4.69) is 9.88 Å². The first-order valence-electron chi connectivity index (χ1n) is 8.35. The van der Waals surface area contributed by atoms with Crippen LogP contribution in [0, 0.1) is 11.7 Å². The minimum Gasteiger partial charge on any atom is -0.310 e. The molecule has 0 atom stereocenters. The molecular formula is C18H19ClFN3O. The largest absolute Gasteiger partial charge is 0.310 e. The van der Waals surface area contributed by atoms with Crippen LogP contribution in [0.25, 0.3) is 0 Å². The Morgan fingerprint density at radius 3 is 2.96 bits per heavy atom. The first-order valence-corrected chi connectivity index (χ1v) is 8.73. The molecule has 2 aromatic rings. The van der Waals surface area contributed by atoms with Crippen molar-refractivity contribution in [2.24, 2.45) is 5.92 Å². The van der Waals surface area contributed by atoms with Crippen LogP contribution in [0.4, 0.5) is 4.39 Å². The standard InChI is InChI=1S/C18H19ClFN3O/c19-14-7-12(3-4-15(14)20)9-23-6-5-13-16(10-23)21-17(22-18(13)24)8-11-1-2-11/h3-4,7,11H,1-2,5-6,8-10H2,(H,21,22,24). The molecule has 0 bridgehead atoms. The second kappa shape index (κ2) is 6.30. The number of H-pyrrole nitrogens is 1. The van der Waals surface area contributed by atoms with Gasteiger partial charge in [0.1, 0.15) is 11.6 Å². The zero-order valence-electron chi connectivity index (χ0n) is 13.3. The average Bonchev–Trinajstić information content (AvgIpc) is 3.35. The number of aromatic nitrogens is 2. The van der Waals surface area contributed by atoms with Gasteiger partial charge in [0.05, 0.1) is 10.7 Å². The molecule has 1 aliphatic carbocycles. The lowest BCUT2D eigenvalue weighted by Crippen LogP contribution is -2.35. The molecule has 4 nitrogen and oxygen atoms in total. The summed E-state index contributed by atoms with van der Waals surface area (Å²) in [6.45, 7) is 2.10. The number of aromatic amines is 1. The van der Waals surface area contributed by atoms with Crippen molar-refractivity contribution in [2.45, 2.75) is 38.8 Å². The minimum absolute atomic E-state index is 0.0140. The Morgan fingerprint density at radius 1 is 1.38 bits per heavy atom. The van der Waals surface area contributed by atoms with E-state index >= 15 is 0 Å². The molecule has 1 fully saturated rings. The topological polar surface area (TPSA) is 49.0 Å². The number of nitrogens with zero attached hydrogens (tertiary/aromatic N) is 2. The van der Waals surface area contributed by atoms with E-state index in [1.807, 2.05) is 0 Å². The van der Waals surface area contributed by atoms with Gasteiger partial charge in [-0.15, -0.1) is 0 Å². The second-order valence-electron chi connectivity index (χ2n) is 6.79. The predicted molar refractivity (Wildman–Crippen MR) is 90.5 cm³/mol. The predicted octanol–water partition coefficient (Wildman–Crippen LogP) is 3.07. The highest BCUT2D eigenvalue weighted by atomic mass is 35.5. The van der Waals surface area contributed by atoms with Crippen LogP contribution >= 0.6 is 11.6 Å². The first-order chi connectivity index (χ1) is 11.6. The van der Waals surface area contributed by atoms with Gasteiger partial charge in [0.15, 0.2) is 0 Å². The number of fused-ring (bicyclic) bond motifs is 1. The molecule has 4 rings (SSSR count). The van der Waals surface area contributed by atoms with Crippen molar-refractivity contribution in [3.8, 4) is 0 Å². The maximum Gasteiger partial charge on any atom is 0.254 e. The third-order valence-corrected chi connectivity index (χ3v) is 5.06. The van der Waals surface area contributed by atoms with Gasteiger partial charge in [0, 0.05) is 31.6 Å². The summed E-state index contributed by atoms with van der Waals surface area (Å²) in [5.74, 6) is 1.10. The summed E-state index contributed by atoms with van der Waals surface area (Å²) in [6, 6.07) is 4.81. The number of benzene rings is 1. The second-order valence-corrected chi connectivity index (χ2v) is 7.20. The van der Waals surface area contributed by atoms with Gasteiger partial charge >= 0.3 is 0 Å². The lowest BCUT2D eigenvalue weighted by molar-refractivity contribution is 0.240. The van der Waals surface area contributed by atoms with Crippen LogP contribution in [0.5, 0.6) is 0 Å². The van der Waals surface area contributed by atoms with Gasteiger partial charge < -0.3 is 4.98 Å². The quantitative estimate of drug-likeness (QED) is 0.924. The van der Waals surface area contributed by atoms with E-state index in [1.165, 1.54) is 18.9 Å². The molecule has 1 aromatic heterocycles. The molecule has 0 unspecified atom stereocenters. The monoisotopic (exact) mass is 347 g/mol. The Kier molecular flexibility index (Phi) is 4.14. The molecule has 126 valence electrons. The van der Waals surface area contributed by atoms with Crippen molar-refractivity contribution in [2.75, 3.05) is 6.54 Å². The van der Waals surface area contributed by atoms with Crippen LogP contribution in [-0.4, -0.2) is 21.4 Å². The van der Waals surface area contributed by atoms with Crippen molar-refractivity contribution in [3.05, 3.63) is 62.0 Å². The van der Waals surface area contributed by atoms with Crippen LogP contribution in [0.3, 0.4) is 0 Å². The zero-order chi connectivity index (χ0) is 16.7. The van der Waals surface area contributed by atoms with Gasteiger partial charge in [-0.1, -0.05) is 17.7 Å². The van der Waals surface area contributed by atoms with Crippen LogP contribution in [0.1, 0.15) is 35.5 Å². The smallest absolute Gasteiger partial charge is 0.254 e. The van der Waals surface area contributed by atoms with E-state index in [0.717, 1.165) is 35.6 Å². The van der Waals surface area contributed by atoms with Crippen molar-refractivity contribution in [1.82, 2.24) is 14.9 Å². The van der Waals surface area contributed by atoms with E-state index in [1.54, 1.807) is 12.1 Å². The van der Waals surface area contributed by atoms with Crippen molar-refractivity contribution < 1.29 is 4.39 Å². The van der Waals surface area contributed by atoms with Gasteiger partial charge in [-0.05, 0) is 42.9 Å². The maximum absolute atomic E-state index is 13.3. The van der Waals surface area contributed by atoms with Gasteiger partial charge in [-0.25, -0.2) is 9.37 Å². The summed E-state index contributed by atoms with van der Waals surface area (Å²) in [5.41, 5.74) is 2.67. The third kappa shape index (κ3) is 3.37. The summed E-state index contributed by atoms with van der Waals surface area (Å²) in [6.07, 6.45) is 4.03. The molecule has 1 N–H and O–H groups in total. The minimum atomic E-state index is -0.401. The summed E-state index contributed by atoms with van der Waals surface area (Å²) < 4.78 is 13.3. The van der Waals surface area contributed by atoms with E-state index in [4.69, 9.17) is 16.6 Å². The molecule has 6 heteroatoms. The molecule has 2 aliphatic rings. The highest BCUT2D eigenvalue weighted by Gasteiger charge is 2.25. The third-order valence-electron chi connectivity index (χ3n) is 4.77. The lowest BCUT2D eigenvalue weighted by atomic mass is 10.1. The lowest BCUT2D eigenvalue weighted by Gasteiger charge is -2.27. The SMILES string of the molecule is O=c1[nH]c(CC2CC2)nc2c1CCN(Cc1ccc(F)c(Cl)c1)C2. The number of rotatable bonds is 4. The fourth-order valence-corrected chi connectivity index (χ4v) is 3.47. The van der Waals surface area contributed by atoms with Crippen LogP contribution in [0.2, 0.25) is 5.02 Å². The summed E-state index contributed by atoms with van der Waals surface area (Å²) >= 11 is 5.86. The molecule has 0 saturated heterocycles. The Labute approximate surface area is 144 Å². The molecule has 1 aromatic carbocycles. The van der Waals surface area contributed by atoms with Crippen LogP contribution < -0.4 is 5.56 Å².